The van der Waals surface area contributed by atoms with E-state index < -0.39 is 29.6 Å². The second kappa shape index (κ2) is 22.8. The van der Waals surface area contributed by atoms with E-state index in [2.05, 4.69) is 30.9 Å². The molecule has 3 rings (SSSR count). The second-order valence-electron chi connectivity index (χ2n) is 13.5. The van der Waals surface area contributed by atoms with Crippen LogP contribution in [0.1, 0.15) is 62.5 Å². The lowest BCUT2D eigenvalue weighted by molar-refractivity contribution is -0.143. The van der Waals surface area contributed by atoms with Crippen LogP contribution in [0.25, 0.3) is 11.0 Å². The van der Waals surface area contributed by atoms with E-state index in [1.807, 2.05) is 32.7 Å². The zero-order valence-electron chi connectivity index (χ0n) is 32.4. The van der Waals surface area contributed by atoms with Gasteiger partial charge in [-0.2, -0.15) is 0 Å². The summed E-state index contributed by atoms with van der Waals surface area (Å²) in [7, 11) is 3.09. The number of nitrogen functional groups attached to an aromatic ring is 2. The predicted octanol–water partition coefficient (Wildman–Crippen LogP) is 2.35. The normalized spacial score (nSPS) is 11.8. The van der Waals surface area contributed by atoms with E-state index in [1.54, 1.807) is 36.5 Å². The number of methoxy groups -OCH3 is 1. The molecular formula is C37H55N9O9. The Hall–Kier alpha value is -5.33. The van der Waals surface area contributed by atoms with E-state index in [1.165, 1.54) is 7.11 Å². The highest BCUT2D eigenvalue weighted by Crippen LogP contribution is 2.20. The Balaban J connectivity index is 1.26. The number of ether oxygens (including phenoxy) is 5. The van der Waals surface area contributed by atoms with Crippen LogP contribution in [0.4, 0.5) is 22.1 Å². The minimum Gasteiger partial charge on any atom is -0.467 e. The number of esters is 1. The van der Waals surface area contributed by atoms with Gasteiger partial charge < -0.3 is 56.0 Å². The van der Waals surface area contributed by atoms with Crippen molar-refractivity contribution >= 4 is 52.2 Å². The maximum atomic E-state index is 13.0. The molecule has 3 amide bonds. The minimum absolute atomic E-state index is 0.00750. The Morgan fingerprint density at radius 2 is 1.49 bits per heavy atom. The number of nitrogens with one attached hydrogen (secondary N) is 3. The van der Waals surface area contributed by atoms with Gasteiger partial charge in [0.1, 0.15) is 23.0 Å². The molecule has 2 heterocycles. The van der Waals surface area contributed by atoms with Crippen molar-refractivity contribution in [2.75, 3.05) is 83.3 Å². The molecule has 3 aromatic rings. The van der Waals surface area contributed by atoms with Gasteiger partial charge in [0, 0.05) is 57.1 Å². The number of fused-ring (bicyclic) bond motifs is 1. The van der Waals surface area contributed by atoms with Crippen LogP contribution in [0.15, 0.2) is 36.5 Å². The predicted molar refractivity (Wildman–Crippen MR) is 206 cm³/mol. The van der Waals surface area contributed by atoms with Crippen molar-refractivity contribution in [3.05, 3.63) is 47.8 Å². The lowest BCUT2D eigenvalue weighted by Gasteiger charge is -2.20. The molecule has 0 aliphatic heterocycles. The van der Waals surface area contributed by atoms with Gasteiger partial charge in [-0.25, -0.2) is 19.6 Å². The number of nitrogens with zero attached hydrogens (tertiary/aromatic N) is 4. The molecule has 1 aromatic carbocycles. The summed E-state index contributed by atoms with van der Waals surface area (Å²) in [6.45, 7) is 9.27. The summed E-state index contributed by atoms with van der Waals surface area (Å²) in [6, 6.07) is 7.42. The summed E-state index contributed by atoms with van der Waals surface area (Å²) in [6.07, 6.45) is 2.51. The third kappa shape index (κ3) is 16.7. The first-order chi connectivity index (χ1) is 26.3. The Morgan fingerprint density at radius 1 is 0.873 bits per heavy atom. The maximum Gasteiger partial charge on any atom is 0.407 e. The summed E-state index contributed by atoms with van der Waals surface area (Å²) in [5, 5.41) is 8.14. The molecule has 0 saturated carbocycles. The number of carbonyl (C=O) groups is 4. The van der Waals surface area contributed by atoms with Crippen LogP contribution in [0.5, 0.6) is 0 Å². The number of amides is 3. The van der Waals surface area contributed by atoms with Crippen molar-refractivity contribution in [1.82, 2.24) is 30.9 Å². The monoisotopic (exact) mass is 769 g/mol. The van der Waals surface area contributed by atoms with Gasteiger partial charge in [0.25, 0.3) is 5.91 Å². The van der Waals surface area contributed by atoms with E-state index in [0.29, 0.717) is 94.4 Å². The number of benzene rings is 1. The van der Waals surface area contributed by atoms with Gasteiger partial charge in [0.2, 0.25) is 5.91 Å². The SMILES string of the molecule is COC(=O)C(CCC(=O)NCCCOCCOCCOCCCNC(=O)OC(C)(C)C)NC(=O)c1ccc(N(C)Cc2cnc3cc(N)nc(N)c3n2)cc1. The van der Waals surface area contributed by atoms with Crippen molar-refractivity contribution in [3.8, 4) is 0 Å². The molecule has 2 aromatic heterocycles. The van der Waals surface area contributed by atoms with Gasteiger partial charge in [-0.15, -0.1) is 0 Å². The fourth-order valence-corrected chi connectivity index (χ4v) is 4.99. The van der Waals surface area contributed by atoms with Crippen LogP contribution in [-0.2, 0) is 39.8 Å². The molecule has 302 valence electrons. The van der Waals surface area contributed by atoms with Gasteiger partial charge >= 0.3 is 12.1 Å². The van der Waals surface area contributed by atoms with Crippen LogP contribution >= 0.6 is 0 Å². The first-order valence-electron chi connectivity index (χ1n) is 18.1. The minimum atomic E-state index is -1.01. The lowest BCUT2D eigenvalue weighted by Crippen LogP contribution is -2.42. The maximum absolute atomic E-state index is 13.0. The molecule has 1 unspecified atom stereocenters. The standard InChI is InChI=1S/C37H55N9O9/c1-37(2,3)55-36(50)41-15-7-17-53-19-21-54-20-18-52-16-6-14-40-31(47)13-12-28(35(49)51-5)44-34(48)25-8-10-27(11-9-25)46(4)24-26-23-42-29-22-30(38)45-33(39)32(29)43-26/h8-11,22-23,28H,6-7,12-21,24H2,1-5H3,(H,40,47)(H,41,50)(H,44,48)(H4,38,39,45). The number of pyridine rings is 1. The van der Waals surface area contributed by atoms with Crippen LogP contribution in [0.2, 0.25) is 0 Å². The first kappa shape index (κ1) is 44.1. The van der Waals surface area contributed by atoms with Crippen molar-refractivity contribution in [2.24, 2.45) is 0 Å². The van der Waals surface area contributed by atoms with Crippen molar-refractivity contribution < 1.29 is 42.9 Å². The van der Waals surface area contributed by atoms with Gasteiger partial charge in [0.15, 0.2) is 5.82 Å². The van der Waals surface area contributed by atoms with Crippen LogP contribution in [0.3, 0.4) is 0 Å². The Kier molecular flexibility index (Phi) is 18.3. The van der Waals surface area contributed by atoms with Gasteiger partial charge in [0.05, 0.1) is 57.5 Å². The molecular weight excluding hydrogens is 714 g/mol. The quantitative estimate of drug-likeness (QED) is 0.0687. The number of rotatable bonds is 23. The molecule has 1 atom stereocenters. The summed E-state index contributed by atoms with van der Waals surface area (Å²) in [5.74, 6) is -0.926. The van der Waals surface area contributed by atoms with Crippen LogP contribution < -0.4 is 32.3 Å². The molecule has 0 bridgehead atoms. The summed E-state index contributed by atoms with van der Waals surface area (Å²) in [5.41, 5.74) is 14.0. The lowest BCUT2D eigenvalue weighted by atomic mass is 10.1. The number of hydrogen-bond acceptors (Lipinski definition) is 15. The Bertz CT molecular complexity index is 1690. The molecule has 18 nitrogen and oxygen atoms in total. The summed E-state index contributed by atoms with van der Waals surface area (Å²) < 4.78 is 26.5. The number of carbonyl (C=O) groups excluding carboxylic acids is 4. The van der Waals surface area contributed by atoms with Crippen LogP contribution in [-0.4, -0.2) is 117 Å². The first-order valence-corrected chi connectivity index (χ1v) is 18.1. The highest BCUT2D eigenvalue weighted by atomic mass is 16.6. The molecule has 0 spiro atoms. The zero-order chi connectivity index (χ0) is 40.2. The topological polar surface area (TPSA) is 244 Å². The van der Waals surface area contributed by atoms with Crippen molar-refractivity contribution in [1.29, 1.82) is 0 Å². The molecule has 0 radical (unpaired) electrons. The van der Waals surface area contributed by atoms with Crippen LogP contribution in [0, 0.1) is 0 Å². The van der Waals surface area contributed by atoms with Gasteiger partial charge in [-0.05, 0) is 64.3 Å². The third-order valence-electron chi connectivity index (χ3n) is 7.71. The smallest absolute Gasteiger partial charge is 0.407 e. The average molecular weight is 770 g/mol. The number of hydrogen-bond donors (Lipinski definition) is 5. The molecule has 18 heteroatoms. The van der Waals surface area contributed by atoms with Crippen molar-refractivity contribution in [3.63, 3.8) is 0 Å². The summed E-state index contributed by atoms with van der Waals surface area (Å²) >= 11 is 0. The van der Waals surface area contributed by atoms with E-state index in [0.717, 1.165) is 5.69 Å². The summed E-state index contributed by atoms with van der Waals surface area (Å²) in [4.78, 5) is 64.4. The molecule has 7 N–H and O–H groups in total. The van der Waals surface area contributed by atoms with E-state index >= 15 is 0 Å². The average Bonchev–Trinajstić information content (AvgIpc) is 3.14. The fourth-order valence-electron chi connectivity index (χ4n) is 4.99. The highest BCUT2D eigenvalue weighted by Gasteiger charge is 2.23. The van der Waals surface area contributed by atoms with E-state index in [-0.39, 0.29) is 30.4 Å². The highest BCUT2D eigenvalue weighted by molar-refractivity contribution is 5.97. The zero-order valence-corrected chi connectivity index (χ0v) is 32.4. The molecule has 0 aliphatic rings. The molecule has 0 fully saturated rings. The number of alkyl carbamates (subject to hydrolysis) is 1. The molecule has 0 aliphatic carbocycles. The molecule has 0 saturated heterocycles. The Labute approximate surface area is 321 Å². The van der Waals surface area contributed by atoms with Gasteiger partial charge in [-0.1, -0.05) is 0 Å². The largest absolute Gasteiger partial charge is 0.467 e. The number of anilines is 3. The Morgan fingerprint density at radius 3 is 2.11 bits per heavy atom. The fraction of sp³-hybridized carbons (Fsp3) is 0.541. The number of aromatic nitrogens is 3. The third-order valence-corrected chi connectivity index (χ3v) is 7.71. The second-order valence-corrected chi connectivity index (χ2v) is 13.5. The molecule has 55 heavy (non-hydrogen) atoms. The van der Waals surface area contributed by atoms with E-state index in [9.17, 15) is 19.2 Å². The van der Waals surface area contributed by atoms with Crippen molar-refractivity contribution in [2.45, 2.75) is 64.6 Å². The van der Waals surface area contributed by atoms with Gasteiger partial charge in [-0.3, -0.25) is 14.6 Å². The van der Waals surface area contributed by atoms with E-state index in [4.69, 9.17) is 35.2 Å². The number of nitrogens with two attached hydrogens (primary N) is 2.